The molecule has 0 aliphatic heterocycles. The number of rotatable bonds is 7. The topological polar surface area (TPSA) is 134 Å². The van der Waals surface area contributed by atoms with Gasteiger partial charge in [0, 0.05) is 15.1 Å². The number of carbonyl (C=O) groups is 2. The van der Waals surface area contributed by atoms with Crippen LogP contribution in [0, 0.1) is 0 Å². The Morgan fingerprint density at radius 1 is 1.11 bits per heavy atom. The highest BCUT2D eigenvalue weighted by molar-refractivity contribution is 9.10. The first-order chi connectivity index (χ1) is 16.8. The number of hydrogen-bond acceptors (Lipinski definition) is 6. The molecule has 35 heavy (non-hydrogen) atoms. The van der Waals surface area contributed by atoms with Crippen molar-refractivity contribution in [2.45, 2.75) is 25.4 Å². The van der Waals surface area contributed by atoms with E-state index in [1.54, 1.807) is 10.7 Å². The third-order valence-corrected chi connectivity index (χ3v) is 6.37. The molecule has 1 saturated carbocycles. The van der Waals surface area contributed by atoms with E-state index in [1.807, 2.05) is 24.3 Å². The average Bonchev–Trinajstić information content (AvgIpc) is 3.41. The van der Waals surface area contributed by atoms with Crippen LogP contribution in [0.15, 0.2) is 46.9 Å². The van der Waals surface area contributed by atoms with Crippen molar-refractivity contribution in [3.8, 4) is 11.4 Å². The molecule has 0 spiro atoms. The van der Waals surface area contributed by atoms with Crippen molar-refractivity contribution in [1.82, 2.24) is 30.0 Å². The Kier molecular flexibility index (Phi) is 6.30. The molecule has 13 heteroatoms. The van der Waals surface area contributed by atoms with Crippen LogP contribution in [0.3, 0.4) is 0 Å². The fourth-order valence-electron chi connectivity index (χ4n) is 3.53. The molecule has 0 saturated heterocycles. The van der Waals surface area contributed by atoms with Crippen molar-refractivity contribution < 1.29 is 9.59 Å². The van der Waals surface area contributed by atoms with Gasteiger partial charge in [-0.3, -0.25) is 14.3 Å². The number of carbonyl (C=O) groups excluding carboxylic acids is 2. The van der Waals surface area contributed by atoms with Crippen molar-refractivity contribution in [3.63, 3.8) is 0 Å². The summed E-state index contributed by atoms with van der Waals surface area (Å²) in [4.78, 5) is 26.5. The summed E-state index contributed by atoms with van der Waals surface area (Å²) in [6.07, 6.45) is 1.82. The molecule has 1 fully saturated rings. The summed E-state index contributed by atoms with van der Waals surface area (Å²) in [5, 5.41) is 20.2. The van der Waals surface area contributed by atoms with E-state index in [9.17, 15) is 9.59 Å². The summed E-state index contributed by atoms with van der Waals surface area (Å²) in [6, 6.07) is 12.1. The number of nitrogens with one attached hydrogen (secondary N) is 1. The first-order valence-corrected chi connectivity index (χ1v) is 12.1. The van der Waals surface area contributed by atoms with Crippen LogP contribution in [0.4, 0.5) is 5.69 Å². The fourth-order valence-corrected chi connectivity index (χ4v) is 4.34. The Labute approximate surface area is 217 Å². The van der Waals surface area contributed by atoms with Gasteiger partial charge in [0.05, 0.1) is 28.0 Å². The van der Waals surface area contributed by atoms with E-state index in [-0.39, 0.29) is 33.9 Å². The zero-order valence-corrected chi connectivity index (χ0v) is 21.0. The third-order valence-electron chi connectivity index (χ3n) is 5.33. The Bertz CT molecular complexity index is 1450. The lowest BCUT2D eigenvalue weighted by molar-refractivity contribution is 0.100. The van der Waals surface area contributed by atoms with Crippen LogP contribution in [0.1, 0.15) is 45.4 Å². The van der Waals surface area contributed by atoms with Crippen LogP contribution in [0.2, 0.25) is 10.0 Å². The van der Waals surface area contributed by atoms with Gasteiger partial charge in [-0.2, -0.15) is 9.90 Å². The molecule has 2 aromatic carbocycles. The van der Waals surface area contributed by atoms with Gasteiger partial charge >= 0.3 is 0 Å². The highest BCUT2D eigenvalue weighted by atomic mass is 79.9. The second-order valence-electron chi connectivity index (χ2n) is 7.98. The van der Waals surface area contributed by atoms with E-state index < -0.39 is 11.8 Å². The maximum absolute atomic E-state index is 13.2. The SMILES string of the molecule is NC(=O)c1cc(Cl)cc(Cl)c1NC(=O)c1cc(Cn2nnc(-c3ccc(Br)cc3)n2)nn1C1CC1. The lowest BCUT2D eigenvalue weighted by atomic mass is 10.1. The molecule has 0 bridgehead atoms. The highest BCUT2D eigenvalue weighted by Crippen LogP contribution is 2.36. The van der Waals surface area contributed by atoms with Crippen LogP contribution < -0.4 is 11.1 Å². The predicted molar refractivity (Wildman–Crippen MR) is 133 cm³/mol. The molecule has 178 valence electrons. The minimum Gasteiger partial charge on any atom is -0.366 e. The number of nitrogens with zero attached hydrogens (tertiary/aromatic N) is 6. The summed E-state index contributed by atoms with van der Waals surface area (Å²) < 4.78 is 2.62. The van der Waals surface area contributed by atoms with Gasteiger partial charge in [-0.1, -0.05) is 39.1 Å². The number of amides is 2. The number of aromatic nitrogens is 6. The average molecular weight is 576 g/mol. The largest absolute Gasteiger partial charge is 0.366 e. The van der Waals surface area contributed by atoms with E-state index in [4.69, 9.17) is 28.9 Å². The smallest absolute Gasteiger partial charge is 0.274 e. The highest BCUT2D eigenvalue weighted by Gasteiger charge is 2.30. The normalized spacial score (nSPS) is 13.1. The Balaban J connectivity index is 1.40. The number of benzene rings is 2. The number of nitrogens with two attached hydrogens (primary N) is 1. The minimum absolute atomic E-state index is 0.0147. The molecule has 0 radical (unpaired) electrons. The van der Waals surface area contributed by atoms with Crippen LogP contribution in [0.25, 0.3) is 11.4 Å². The van der Waals surface area contributed by atoms with Crippen molar-refractivity contribution in [2.75, 3.05) is 5.32 Å². The number of hydrogen-bond donors (Lipinski definition) is 2. The zero-order valence-electron chi connectivity index (χ0n) is 18.0. The van der Waals surface area contributed by atoms with E-state index in [1.165, 1.54) is 16.9 Å². The minimum atomic E-state index is -0.764. The van der Waals surface area contributed by atoms with E-state index in [0.29, 0.717) is 17.2 Å². The maximum atomic E-state index is 13.2. The van der Waals surface area contributed by atoms with Crippen molar-refractivity contribution in [2.24, 2.45) is 5.73 Å². The Morgan fingerprint density at radius 3 is 2.54 bits per heavy atom. The first-order valence-electron chi connectivity index (χ1n) is 10.5. The van der Waals surface area contributed by atoms with E-state index >= 15 is 0 Å². The van der Waals surface area contributed by atoms with Crippen LogP contribution in [-0.2, 0) is 6.54 Å². The summed E-state index contributed by atoms with van der Waals surface area (Å²) >= 11 is 15.6. The second-order valence-corrected chi connectivity index (χ2v) is 9.73. The molecule has 4 aromatic rings. The van der Waals surface area contributed by atoms with Gasteiger partial charge in [-0.05, 0) is 60.5 Å². The molecule has 0 unspecified atom stereocenters. The Morgan fingerprint density at radius 2 is 1.86 bits per heavy atom. The van der Waals surface area contributed by atoms with Gasteiger partial charge in [0.2, 0.25) is 5.82 Å². The summed E-state index contributed by atoms with van der Waals surface area (Å²) in [7, 11) is 0. The molecular formula is C22H17BrCl2N8O2. The number of primary amides is 1. The predicted octanol–water partition coefficient (Wildman–Crippen LogP) is 4.34. The fraction of sp³-hybridized carbons (Fsp3) is 0.182. The Hall–Kier alpha value is -3.28. The molecule has 1 aliphatic carbocycles. The summed E-state index contributed by atoms with van der Waals surface area (Å²) in [6.45, 7) is 0.220. The second kappa shape index (κ2) is 9.40. The van der Waals surface area contributed by atoms with Crippen LogP contribution in [0.5, 0.6) is 0 Å². The molecule has 3 N–H and O–H groups in total. The van der Waals surface area contributed by atoms with Gasteiger partial charge < -0.3 is 11.1 Å². The molecule has 1 aliphatic rings. The molecule has 2 heterocycles. The summed E-state index contributed by atoms with van der Waals surface area (Å²) in [5.41, 5.74) is 7.28. The number of halogens is 3. The van der Waals surface area contributed by atoms with Gasteiger partial charge in [0.25, 0.3) is 11.8 Å². The van der Waals surface area contributed by atoms with Crippen LogP contribution >= 0.6 is 39.1 Å². The number of tetrazole rings is 1. The quantitative estimate of drug-likeness (QED) is 0.337. The zero-order chi connectivity index (χ0) is 24.7. The van der Waals surface area contributed by atoms with Crippen molar-refractivity contribution in [1.29, 1.82) is 0 Å². The first kappa shape index (κ1) is 23.5. The molecule has 2 aromatic heterocycles. The molecule has 0 atom stereocenters. The maximum Gasteiger partial charge on any atom is 0.274 e. The molecule has 10 nitrogen and oxygen atoms in total. The van der Waals surface area contributed by atoms with Gasteiger partial charge in [0.15, 0.2) is 0 Å². The lowest BCUT2D eigenvalue weighted by Gasteiger charge is -2.12. The van der Waals surface area contributed by atoms with Gasteiger partial charge in [-0.15, -0.1) is 10.2 Å². The van der Waals surface area contributed by atoms with Crippen LogP contribution in [-0.4, -0.2) is 41.8 Å². The molecular weight excluding hydrogens is 559 g/mol. The van der Waals surface area contributed by atoms with Gasteiger partial charge in [-0.25, -0.2) is 0 Å². The lowest BCUT2D eigenvalue weighted by Crippen LogP contribution is -2.21. The van der Waals surface area contributed by atoms with Crippen molar-refractivity contribution in [3.05, 3.63) is 73.9 Å². The van der Waals surface area contributed by atoms with E-state index in [2.05, 4.69) is 41.8 Å². The van der Waals surface area contributed by atoms with E-state index in [0.717, 1.165) is 22.9 Å². The molecule has 2 amide bonds. The van der Waals surface area contributed by atoms with Crippen molar-refractivity contribution >= 4 is 56.6 Å². The summed E-state index contributed by atoms with van der Waals surface area (Å²) in [5.74, 6) is -0.766. The monoisotopic (exact) mass is 574 g/mol. The molecule has 5 rings (SSSR count). The standard InChI is InChI=1S/C22H17BrCl2N8O2/c23-12-3-1-11(2-4-12)21-28-31-32(30-21)10-14-9-18(33(29-14)15-5-6-15)22(35)27-19-16(20(26)34)7-13(24)8-17(19)25/h1-4,7-9,15H,5-6,10H2,(H2,26,34)(H,27,35). The van der Waals surface area contributed by atoms with Gasteiger partial charge in [0.1, 0.15) is 12.2 Å². The number of anilines is 1. The third kappa shape index (κ3) is 5.07.